The Morgan fingerprint density at radius 1 is 1.32 bits per heavy atom. The van der Waals surface area contributed by atoms with Crippen LogP contribution in [-0.2, 0) is 25.8 Å². The van der Waals surface area contributed by atoms with Crippen LogP contribution in [0.5, 0.6) is 11.5 Å². The van der Waals surface area contributed by atoms with Gasteiger partial charge in [0, 0.05) is 37.5 Å². The molecule has 1 unspecified atom stereocenters. The highest BCUT2D eigenvalue weighted by Gasteiger charge is 2.34. The summed E-state index contributed by atoms with van der Waals surface area (Å²) >= 11 is 0. The summed E-state index contributed by atoms with van der Waals surface area (Å²) in [5.74, 6) is 2.97. The van der Waals surface area contributed by atoms with Gasteiger partial charge in [0.25, 0.3) is 0 Å². The van der Waals surface area contributed by atoms with Crippen LogP contribution in [0.3, 0.4) is 0 Å². The lowest BCUT2D eigenvalue weighted by Gasteiger charge is -2.40. The van der Waals surface area contributed by atoms with Gasteiger partial charge in [0.05, 0.1) is 7.11 Å². The van der Waals surface area contributed by atoms with Crippen molar-refractivity contribution in [2.75, 3.05) is 13.7 Å². The van der Waals surface area contributed by atoms with Crippen molar-refractivity contribution in [2.24, 2.45) is 0 Å². The number of hydrogen-bond donors (Lipinski definition) is 1. The van der Waals surface area contributed by atoms with Crippen molar-refractivity contribution in [2.45, 2.75) is 38.8 Å². The van der Waals surface area contributed by atoms with E-state index in [1.165, 1.54) is 16.7 Å². The second-order valence-electron chi connectivity index (χ2n) is 6.18. The molecule has 0 saturated carbocycles. The SMILES string of the molecule is CCc1cc2c(o1)CC1c3cc(O)c(OC)cc3CCN1C2. The predicted octanol–water partition coefficient (Wildman–Crippen LogP) is 3.21. The molecule has 2 aromatic rings. The molecule has 0 amide bonds. The first-order chi connectivity index (χ1) is 10.7. The average molecular weight is 299 g/mol. The smallest absolute Gasteiger partial charge is 0.160 e. The van der Waals surface area contributed by atoms with Crippen molar-refractivity contribution >= 4 is 0 Å². The summed E-state index contributed by atoms with van der Waals surface area (Å²) in [6.07, 6.45) is 2.82. The summed E-state index contributed by atoms with van der Waals surface area (Å²) in [5.41, 5.74) is 3.82. The van der Waals surface area contributed by atoms with Crippen molar-refractivity contribution in [1.29, 1.82) is 0 Å². The number of nitrogens with zero attached hydrogens (tertiary/aromatic N) is 1. The number of aryl methyl sites for hydroxylation is 1. The van der Waals surface area contributed by atoms with E-state index in [1.807, 2.05) is 12.1 Å². The van der Waals surface area contributed by atoms with Gasteiger partial charge in [0.15, 0.2) is 11.5 Å². The summed E-state index contributed by atoms with van der Waals surface area (Å²) in [7, 11) is 1.60. The van der Waals surface area contributed by atoms with Crippen LogP contribution in [-0.4, -0.2) is 23.7 Å². The number of phenolic OH excluding ortho intramolecular Hbond substituents is 1. The van der Waals surface area contributed by atoms with Crippen LogP contribution in [0.4, 0.5) is 0 Å². The molecule has 2 aliphatic heterocycles. The number of furan rings is 1. The third-order valence-corrected chi connectivity index (χ3v) is 4.96. The predicted molar refractivity (Wildman–Crippen MR) is 83.3 cm³/mol. The summed E-state index contributed by atoms with van der Waals surface area (Å²) in [5, 5.41) is 10.1. The number of aromatic hydroxyl groups is 1. The highest BCUT2D eigenvalue weighted by atomic mass is 16.5. The molecule has 4 rings (SSSR count). The minimum absolute atomic E-state index is 0.225. The number of ether oxygens (including phenoxy) is 1. The van der Waals surface area contributed by atoms with E-state index >= 15 is 0 Å². The first-order valence-corrected chi connectivity index (χ1v) is 7.94. The van der Waals surface area contributed by atoms with Gasteiger partial charge in [-0.25, -0.2) is 0 Å². The van der Waals surface area contributed by atoms with Crippen LogP contribution >= 0.6 is 0 Å². The van der Waals surface area contributed by atoms with E-state index in [0.717, 1.165) is 43.9 Å². The number of benzene rings is 1. The number of phenols is 1. The quantitative estimate of drug-likeness (QED) is 0.925. The van der Waals surface area contributed by atoms with Gasteiger partial charge in [-0.15, -0.1) is 0 Å². The monoisotopic (exact) mass is 299 g/mol. The second kappa shape index (κ2) is 5.06. The topological polar surface area (TPSA) is 45.8 Å². The summed E-state index contributed by atoms with van der Waals surface area (Å²) < 4.78 is 11.2. The van der Waals surface area contributed by atoms with Gasteiger partial charge < -0.3 is 14.3 Å². The lowest BCUT2D eigenvalue weighted by molar-refractivity contribution is 0.150. The van der Waals surface area contributed by atoms with Gasteiger partial charge in [-0.05, 0) is 35.7 Å². The van der Waals surface area contributed by atoms with Crippen LogP contribution < -0.4 is 4.74 Å². The second-order valence-corrected chi connectivity index (χ2v) is 6.18. The first-order valence-electron chi connectivity index (χ1n) is 7.94. The van der Waals surface area contributed by atoms with E-state index in [0.29, 0.717) is 11.8 Å². The maximum atomic E-state index is 10.1. The van der Waals surface area contributed by atoms with E-state index in [1.54, 1.807) is 7.11 Å². The zero-order valence-electron chi connectivity index (χ0n) is 13.1. The zero-order chi connectivity index (χ0) is 15.3. The van der Waals surface area contributed by atoms with Crippen molar-refractivity contribution in [3.05, 3.63) is 46.4 Å². The Morgan fingerprint density at radius 3 is 2.95 bits per heavy atom. The minimum atomic E-state index is 0.225. The van der Waals surface area contributed by atoms with Gasteiger partial charge in [-0.1, -0.05) is 6.92 Å². The molecule has 0 bridgehead atoms. The van der Waals surface area contributed by atoms with Gasteiger partial charge in [0.1, 0.15) is 11.5 Å². The van der Waals surface area contributed by atoms with Crippen LogP contribution in [0.1, 0.15) is 41.2 Å². The Kier molecular flexibility index (Phi) is 3.15. The number of fused-ring (bicyclic) bond motifs is 4. The molecule has 4 heteroatoms. The Bertz CT molecular complexity index is 719. The molecule has 0 aliphatic carbocycles. The average Bonchev–Trinajstić information content (AvgIpc) is 2.94. The fraction of sp³-hybridized carbons (Fsp3) is 0.444. The fourth-order valence-electron chi connectivity index (χ4n) is 3.77. The molecule has 1 atom stereocenters. The summed E-state index contributed by atoms with van der Waals surface area (Å²) in [6, 6.07) is 6.35. The number of hydrogen-bond acceptors (Lipinski definition) is 4. The maximum Gasteiger partial charge on any atom is 0.160 e. The summed E-state index contributed by atoms with van der Waals surface area (Å²) in [6.45, 7) is 4.10. The highest BCUT2D eigenvalue weighted by Crippen LogP contribution is 2.42. The van der Waals surface area contributed by atoms with Gasteiger partial charge in [-0.3, -0.25) is 4.90 Å². The van der Waals surface area contributed by atoms with Crippen LogP contribution in [0, 0.1) is 0 Å². The Balaban J connectivity index is 1.74. The van der Waals surface area contributed by atoms with Crippen LogP contribution in [0.15, 0.2) is 22.6 Å². The van der Waals surface area contributed by atoms with Gasteiger partial charge >= 0.3 is 0 Å². The molecule has 22 heavy (non-hydrogen) atoms. The van der Waals surface area contributed by atoms with E-state index in [4.69, 9.17) is 9.15 Å². The Hall–Kier alpha value is -1.94. The number of rotatable bonds is 2. The largest absolute Gasteiger partial charge is 0.504 e. The minimum Gasteiger partial charge on any atom is -0.504 e. The van der Waals surface area contributed by atoms with E-state index in [2.05, 4.69) is 17.9 Å². The number of methoxy groups -OCH3 is 1. The lowest BCUT2D eigenvalue weighted by Crippen LogP contribution is -2.38. The molecule has 1 N–H and O–H groups in total. The molecule has 0 radical (unpaired) electrons. The van der Waals surface area contributed by atoms with Gasteiger partial charge in [0.2, 0.25) is 0 Å². The highest BCUT2D eigenvalue weighted by molar-refractivity contribution is 5.49. The maximum absolute atomic E-state index is 10.1. The normalized spacial score (nSPS) is 20.2. The van der Waals surface area contributed by atoms with E-state index in [-0.39, 0.29) is 5.75 Å². The molecule has 116 valence electrons. The zero-order valence-corrected chi connectivity index (χ0v) is 13.1. The third-order valence-electron chi connectivity index (χ3n) is 4.96. The van der Waals surface area contributed by atoms with Crippen molar-refractivity contribution < 1.29 is 14.3 Å². The first kappa shape index (κ1) is 13.7. The molecule has 3 heterocycles. The molecule has 4 nitrogen and oxygen atoms in total. The van der Waals surface area contributed by atoms with E-state index in [9.17, 15) is 5.11 Å². The van der Waals surface area contributed by atoms with Crippen LogP contribution in [0.25, 0.3) is 0 Å². The molecular weight excluding hydrogens is 278 g/mol. The van der Waals surface area contributed by atoms with Gasteiger partial charge in [-0.2, -0.15) is 0 Å². The molecule has 1 aromatic heterocycles. The lowest BCUT2D eigenvalue weighted by atomic mass is 9.86. The summed E-state index contributed by atoms with van der Waals surface area (Å²) in [4.78, 5) is 2.49. The fourth-order valence-corrected chi connectivity index (χ4v) is 3.77. The standard InChI is InChI=1S/C18H21NO3/c1-3-13-6-12-10-19-5-4-11-7-18(21-2)16(20)8-14(11)15(19)9-17(12)22-13/h6-8,15,20H,3-5,9-10H2,1-2H3. The molecule has 0 spiro atoms. The molecule has 1 aromatic carbocycles. The Morgan fingerprint density at radius 2 is 2.18 bits per heavy atom. The molecule has 0 fully saturated rings. The molecule has 0 saturated heterocycles. The van der Waals surface area contributed by atoms with Crippen molar-refractivity contribution in [3.63, 3.8) is 0 Å². The Labute approximate surface area is 130 Å². The van der Waals surface area contributed by atoms with Crippen molar-refractivity contribution in [3.8, 4) is 11.5 Å². The van der Waals surface area contributed by atoms with Crippen LogP contribution in [0.2, 0.25) is 0 Å². The van der Waals surface area contributed by atoms with Crippen molar-refractivity contribution in [1.82, 2.24) is 4.90 Å². The third kappa shape index (κ3) is 2.02. The van der Waals surface area contributed by atoms with E-state index < -0.39 is 0 Å². The molecular formula is C18H21NO3. The molecule has 2 aliphatic rings.